The largest absolute Gasteiger partial charge is 0.390 e. The molecule has 7 heteroatoms. The summed E-state index contributed by atoms with van der Waals surface area (Å²) >= 11 is 0. The van der Waals surface area contributed by atoms with Crippen LogP contribution >= 0.6 is 0 Å². The molecule has 1 fully saturated rings. The molecule has 6 nitrogen and oxygen atoms in total. The monoisotopic (exact) mass is 286 g/mol. The van der Waals surface area contributed by atoms with Crippen LogP contribution in [-0.2, 0) is 10.0 Å². The molecule has 1 unspecified atom stereocenters. The summed E-state index contributed by atoms with van der Waals surface area (Å²) < 4.78 is 26.1. The van der Waals surface area contributed by atoms with Gasteiger partial charge in [0.1, 0.15) is 0 Å². The third kappa shape index (κ3) is 3.23. The Kier molecular flexibility index (Phi) is 3.80. The highest BCUT2D eigenvalue weighted by atomic mass is 32.2. The van der Waals surface area contributed by atoms with Crippen molar-refractivity contribution in [2.75, 3.05) is 13.1 Å². The molecule has 0 aromatic carbocycles. The number of rotatable bonds is 2. The third-order valence-corrected chi connectivity index (χ3v) is 5.31. The molecule has 0 spiro atoms. The minimum Gasteiger partial charge on any atom is -0.390 e. The summed E-state index contributed by atoms with van der Waals surface area (Å²) in [6.07, 6.45) is 2.83. The van der Waals surface area contributed by atoms with Crippen LogP contribution in [0.5, 0.6) is 0 Å². The summed E-state index contributed by atoms with van der Waals surface area (Å²) in [5.41, 5.74) is -1.15. The van der Waals surface area contributed by atoms with Crippen molar-refractivity contribution in [2.24, 2.45) is 0 Å². The summed E-state index contributed by atoms with van der Waals surface area (Å²) in [4.78, 5) is 13.4. The van der Waals surface area contributed by atoms with Crippen LogP contribution in [0, 0.1) is 0 Å². The van der Waals surface area contributed by atoms with Crippen LogP contribution in [0.15, 0.2) is 28.0 Å². The maximum Gasteiger partial charge on any atom is 0.247 e. The first kappa shape index (κ1) is 14.2. The molecule has 1 aromatic heterocycles. The Labute approximate surface area is 112 Å². The van der Waals surface area contributed by atoms with Crippen molar-refractivity contribution in [3.05, 3.63) is 28.7 Å². The van der Waals surface area contributed by atoms with Gasteiger partial charge in [-0.15, -0.1) is 0 Å². The van der Waals surface area contributed by atoms with Crippen LogP contribution in [0.1, 0.15) is 26.2 Å². The summed E-state index contributed by atoms with van der Waals surface area (Å²) in [7, 11) is -3.60. The first-order valence-electron chi connectivity index (χ1n) is 6.23. The molecule has 0 aliphatic carbocycles. The van der Waals surface area contributed by atoms with Gasteiger partial charge in [0.25, 0.3) is 0 Å². The quantitative estimate of drug-likeness (QED) is 0.818. The van der Waals surface area contributed by atoms with Gasteiger partial charge in [0.05, 0.1) is 10.5 Å². The van der Waals surface area contributed by atoms with E-state index in [1.165, 1.54) is 22.6 Å². The standard InChI is InChI=1S/C12H18N2O4S/c1-12(16)5-2-7-14(8-6-12)19(17,18)10-3-4-11(15)13-9-10/h3-4,9,16H,2,5-8H2,1H3,(H,13,15). The lowest BCUT2D eigenvalue weighted by Gasteiger charge is -2.22. The number of nitrogens with zero attached hydrogens (tertiary/aromatic N) is 1. The molecule has 1 aliphatic rings. The molecule has 0 radical (unpaired) electrons. The van der Waals surface area contributed by atoms with Crippen LogP contribution in [0.4, 0.5) is 0 Å². The molecule has 1 saturated heterocycles. The number of aromatic amines is 1. The van der Waals surface area contributed by atoms with Crippen LogP contribution in [0.2, 0.25) is 0 Å². The van der Waals surface area contributed by atoms with Gasteiger partial charge in [0, 0.05) is 25.4 Å². The molecule has 0 amide bonds. The molecule has 1 atom stereocenters. The van der Waals surface area contributed by atoms with Crippen LogP contribution in [-0.4, -0.2) is 41.5 Å². The predicted octanol–water partition coefficient (Wildman–Crippen LogP) is 0.301. The van der Waals surface area contributed by atoms with E-state index in [0.29, 0.717) is 25.8 Å². The van der Waals surface area contributed by atoms with E-state index in [2.05, 4.69) is 4.98 Å². The van der Waals surface area contributed by atoms with E-state index in [-0.39, 0.29) is 17.0 Å². The lowest BCUT2D eigenvalue weighted by Crippen LogP contribution is -2.33. The highest BCUT2D eigenvalue weighted by Gasteiger charge is 2.31. The zero-order valence-corrected chi connectivity index (χ0v) is 11.6. The molecule has 1 aliphatic heterocycles. The lowest BCUT2D eigenvalue weighted by atomic mass is 9.98. The van der Waals surface area contributed by atoms with Gasteiger partial charge in [-0.3, -0.25) is 4.79 Å². The zero-order valence-electron chi connectivity index (χ0n) is 10.8. The summed E-state index contributed by atoms with van der Waals surface area (Å²) in [6, 6.07) is 2.50. The topological polar surface area (TPSA) is 90.5 Å². The van der Waals surface area contributed by atoms with Gasteiger partial charge in [-0.05, 0) is 32.3 Å². The molecule has 2 rings (SSSR count). The smallest absolute Gasteiger partial charge is 0.247 e. The van der Waals surface area contributed by atoms with Gasteiger partial charge in [-0.25, -0.2) is 8.42 Å². The van der Waals surface area contributed by atoms with Crippen molar-refractivity contribution in [3.8, 4) is 0 Å². The SMILES string of the molecule is CC1(O)CCCN(S(=O)(=O)c2ccc(=O)[nH]c2)CC1. The fraction of sp³-hybridized carbons (Fsp3) is 0.583. The Morgan fingerprint density at radius 2 is 2.05 bits per heavy atom. The van der Waals surface area contributed by atoms with Crippen molar-refractivity contribution in [1.82, 2.24) is 9.29 Å². The van der Waals surface area contributed by atoms with Crippen molar-refractivity contribution < 1.29 is 13.5 Å². The van der Waals surface area contributed by atoms with Gasteiger partial charge < -0.3 is 10.1 Å². The number of aromatic nitrogens is 1. The lowest BCUT2D eigenvalue weighted by molar-refractivity contribution is 0.0465. The van der Waals surface area contributed by atoms with E-state index >= 15 is 0 Å². The van der Waals surface area contributed by atoms with E-state index in [9.17, 15) is 18.3 Å². The second kappa shape index (κ2) is 5.07. The summed E-state index contributed by atoms with van der Waals surface area (Å²) in [5.74, 6) is 0. The van der Waals surface area contributed by atoms with Crippen molar-refractivity contribution in [2.45, 2.75) is 36.7 Å². The molecular weight excluding hydrogens is 268 g/mol. The Morgan fingerprint density at radius 1 is 1.32 bits per heavy atom. The maximum atomic E-state index is 12.4. The van der Waals surface area contributed by atoms with Gasteiger partial charge in [0.2, 0.25) is 15.6 Å². The van der Waals surface area contributed by atoms with E-state index in [0.717, 1.165) is 0 Å². The molecule has 2 heterocycles. The number of H-pyrrole nitrogens is 1. The highest BCUT2D eigenvalue weighted by molar-refractivity contribution is 7.89. The van der Waals surface area contributed by atoms with Crippen LogP contribution < -0.4 is 5.56 Å². The van der Waals surface area contributed by atoms with E-state index in [1.54, 1.807) is 6.92 Å². The minimum absolute atomic E-state index is 0.0774. The number of hydrogen-bond acceptors (Lipinski definition) is 4. The first-order valence-corrected chi connectivity index (χ1v) is 7.67. The molecule has 0 saturated carbocycles. The predicted molar refractivity (Wildman–Crippen MR) is 70.3 cm³/mol. The Bertz CT molecular complexity index is 586. The number of hydrogen-bond donors (Lipinski definition) is 2. The maximum absolute atomic E-state index is 12.4. The Morgan fingerprint density at radius 3 is 2.68 bits per heavy atom. The van der Waals surface area contributed by atoms with E-state index in [4.69, 9.17) is 0 Å². The fourth-order valence-corrected chi connectivity index (χ4v) is 3.63. The van der Waals surface area contributed by atoms with Crippen LogP contribution in [0.25, 0.3) is 0 Å². The molecule has 2 N–H and O–H groups in total. The fourth-order valence-electron chi connectivity index (χ4n) is 2.18. The molecule has 1 aromatic rings. The number of aliphatic hydroxyl groups is 1. The average Bonchev–Trinajstić information content (AvgIpc) is 2.51. The van der Waals surface area contributed by atoms with Crippen molar-refractivity contribution in [3.63, 3.8) is 0 Å². The number of nitrogens with one attached hydrogen (secondary N) is 1. The second-order valence-corrected chi connectivity index (χ2v) is 7.08. The molecular formula is C12H18N2O4S. The van der Waals surface area contributed by atoms with Gasteiger partial charge in [-0.1, -0.05) is 0 Å². The number of sulfonamides is 1. The Hall–Kier alpha value is -1.18. The highest BCUT2D eigenvalue weighted by Crippen LogP contribution is 2.25. The first-order chi connectivity index (χ1) is 8.81. The van der Waals surface area contributed by atoms with Crippen molar-refractivity contribution in [1.29, 1.82) is 0 Å². The Balaban J connectivity index is 2.25. The zero-order chi connectivity index (χ0) is 14.1. The molecule has 0 bridgehead atoms. The van der Waals surface area contributed by atoms with Gasteiger partial charge in [-0.2, -0.15) is 4.31 Å². The normalized spacial score (nSPS) is 26.0. The van der Waals surface area contributed by atoms with Crippen LogP contribution in [0.3, 0.4) is 0 Å². The summed E-state index contributed by atoms with van der Waals surface area (Å²) in [6.45, 7) is 2.40. The number of pyridine rings is 1. The van der Waals surface area contributed by atoms with E-state index in [1.807, 2.05) is 0 Å². The summed E-state index contributed by atoms with van der Waals surface area (Å²) in [5, 5.41) is 9.98. The minimum atomic E-state index is -3.60. The van der Waals surface area contributed by atoms with E-state index < -0.39 is 15.6 Å². The molecule has 106 valence electrons. The van der Waals surface area contributed by atoms with Gasteiger partial charge in [0.15, 0.2) is 0 Å². The van der Waals surface area contributed by atoms with Gasteiger partial charge >= 0.3 is 0 Å². The third-order valence-electron chi connectivity index (χ3n) is 3.42. The molecule has 19 heavy (non-hydrogen) atoms. The average molecular weight is 286 g/mol. The second-order valence-electron chi connectivity index (χ2n) is 5.14. The van der Waals surface area contributed by atoms with Crippen molar-refractivity contribution >= 4 is 10.0 Å².